The van der Waals surface area contributed by atoms with Crippen LogP contribution in [-0.4, -0.2) is 56.2 Å². The molecule has 1 aromatic rings. The summed E-state index contributed by atoms with van der Waals surface area (Å²) in [4.78, 5) is 16.3. The number of likely N-dealkylation sites (N-methyl/N-ethyl adjacent to an activating group) is 1. The molecule has 5 nitrogen and oxygen atoms in total. The van der Waals surface area contributed by atoms with E-state index in [0.29, 0.717) is 35.4 Å². The SMILES string of the molecule is CCNC(=NCC(=O)N(C)CC(F)(F)F)NCCc1ccc(Cl)cc1.I. The van der Waals surface area contributed by atoms with Crippen LogP contribution in [0.2, 0.25) is 5.02 Å². The molecule has 0 saturated carbocycles. The second-order valence-electron chi connectivity index (χ2n) is 5.36. The highest BCUT2D eigenvalue weighted by molar-refractivity contribution is 14.0. The van der Waals surface area contributed by atoms with E-state index in [2.05, 4.69) is 15.6 Å². The molecule has 26 heavy (non-hydrogen) atoms. The number of hydrogen-bond acceptors (Lipinski definition) is 2. The van der Waals surface area contributed by atoms with Crippen molar-refractivity contribution < 1.29 is 18.0 Å². The molecule has 1 rings (SSSR count). The molecule has 0 atom stereocenters. The Morgan fingerprint density at radius 1 is 1.23 bits per heavy atom. The third-order valence-corrected chi connectivity index (χ3v) is 3.43. The molecule has 0 fully saturated rings. The molecule has 2 N–H and O–H groups in total. The second kappa shape index (κ2) is 12.2. The number of nitrogens with one attached hydrogen (secondary N) is 2. The molecule has 0 bridgehead atoms. The van der Waals surface area contributed by atoms with Crippen molar-refractivity contribution in [1.29, 1.82) is 0 Å². The Labute approximate surface area is 173 Å². The first kappa shape index (κ1) is 24.8. The van der Waals surface area contributed by atoms with Crippen molar-refractivity contribution in [2.24, 2.45) is 4.99 Å². The van der Waals surface area contributed by atoms with Gasteiger partial charge in [-0.15, -0.1) is 24.0 Å². The summed E-state index contributed by atoms with van der Waals surface area (Å²) in [5.41, 5.74) is 1.08. The van der Waals surface area contributed by atoms with Crippen LogP contribution in [-0.2, 0) is 11.2 Å². The minimum Gasteiger partial charge on any atom is -0.357 e. The second-order valence-corrected chi connectivity index (χ2v) is 5.80. The number of hydrogen-bond donors (Lipinski definition) is 2. The molecule has 0 unspecified atom stereocenters. The third kappa shape index (κ3) is 10.7. The Balaban J connectivity index is 0.00000625. The van der Waals surface area contributed by atoms with E-state index < -0.39 is 18.6 Å². The highest BCUT2D eigenvalue weighted by Crippen LogP contribution is 2.15. The van der Waals surface area contributed by atoms with Crippen LogP contribution in [0.3, 0.4) is 0 Å². The summed E-state index contributed by atoms with van der Waals surface area (Å²) in [6.45, 7) is 1.33. The zero-order valence-electron chi connectivity index (χ0n) is 14.6. The van der Waals surface area contributed by atoms with Gasteiger partial charge in [0.15, 0.2) is 5.96 Å². The normalized spacial score (nSPS) is 11.5. The predicted molar refractivity (Wildman–Crippen MR) is 108 cm³/mol. The van der Waals surface area contributed by atoms with E-state index in [-0.39, 0.29) is 30.5 Å². The van der Waals surface area contributed by atoms with Crippen LogP contribution in [0, 0.1) is 0 Å². The van der Waals surface area contributed by atoms with Gasteiger partial charge >= 0.3 is 6.18 Å². The highest BCUT2D eigenvalue weighted by Gasteiger charge is 2.30. The number of benzene rings is 1. The Bertz CT molecular complexity index is 582. The minimum absolute atomic E-state index is 0. The van der Waals surface area contributed by atoms with Gasteiger partial charge in [0.1, 0.15) is 13.1 Å². The molecule has 0 heterocycles. The summed E-state index contributed by atoms with van der Waals surface area (Å²) in [5, 5.41) is 6.64. The lowest BCUT2D eigenvalue weighted by atomic mass is 10.1. The maximum atomic E-state index is 12.3. The topological polar surface area (TPSA) is 56.7 Å². The van der Waals surface area contributed by atoms with Crippen LogP contribution < -0.4 is 10.6 Å². The van der Waals surface area contributed by atoms with Crippen LogP contribution in [0.25, 0.3) is 0 Å². The van der Waals surface area contributed by atoms with Crippen molar-refractivity contribution in [2.75, 3.05) is 33.2 Å². The van der Waals surface area contributed by atoms with E-state index in [0.717, 1.165) is 12.6 Å². The van der Waals surface area contributed by atoms with Crippen LogP contribution in [0.5, 0.6) is 0 Å². The number of alkyl halides is 3. The lowest BCUT2D eigenvalue weighted by molar-refractivity contribution is -0.157. The van der Waals surface area contributed by atoms with E-state index in [1.54, 1.807) is 12.1 Å². The average Bonchev–Trinajstić information content (AvgIpc) is 2.52. The van der Waals surface area contributed by atoms with Crippen LogP contribution in [0.1, 0.15) is 12.5 Å². The average molecular weight is 507 g/mol. The number of carbonyl (C=O) groups excluding carboxylic acids is 1. The molecule has 0 aliphatic carbocycles. The van der Waals surface area contributed by atoms with Gasteiger partial charge in [-0.25, -0.2) is 4.99 Å². The smallest absolute Gasteiger partial charge is 0.357 e. The Morgan fingerprint density at radius 3 is 2.38 bits per heavy atom. The van der Waals surface area contributed by atoms with E-state index in [9.17, 15) is 18.0 Å². The van der Waals surface area contributed by atoms with Gasteiger partial charge < -0.3 is 15.5 Å². The number of halogens is 5. The summed E-state index contributed by atoms with van der Waals surface area (Å²) >= 11 is 5.82. The molecule has 0 aliphatic heterocycles. The van der Waals surface area contributed by atoms with Crippen molar-refractivity contribution in [3.8, 4) is 0 Å². The fourth-order valence-electron chi connectivity index (χ4n) is 1.94. The lowest BCUT2D eigenvalue weighted by Crippen LogP contribution is -2.40. The maximum Gasteiger partial charge on any atom is 0.406 e. The van der Waals surface area contributed by atoms with Gasteiger partial charge in [0.25, 0.3) is 0 Å². The van der Waals surface area contributed by atoms with Gasteiger partial charge in [0, 0.05) is 25.2 Å². The minimum atomic E-state index is -4.42. The van der Waals surface area contributed by atoms with Gasteiger partial charge in [0.2, 0.25) is 5.91 Å². The Morgan fingerprint density at radius 2 is 1.85 bits per heavy atom. The van der Waals surface area contributed by atoms with Gasteiger partial charge in [0.05, 0.1) is 0 Å². The quantitative estimate of drug-likeness (QED) is 0.340. The maximum absolute atomic E-state index is 12.3. The van der Waals surface area contributed by atoms with Crippen molar-refractivity contribution in [3.63, 3.8) is 0 Å². The molecule has 0 aromatic heterocycles. The number of nitrogens with zero attached hydrogens (tertiary/aromatic N) is 2. The predicted octanol–water partition coefficient (Wildman–Crippen LogP) is 3.08. The molecule has 0 radical (unpaired) electrons. The number of guanidine groups is 1. The van der Waals surface area contributed by atoms with E-state index in [1.165, 1.54) is 0 Å². The van der Waals surface area contributed by atoms with Gasteiger partial charge in [-0.1, -0.05) is 23.7 Å². The van der Waals surface area contributed by atoms with Crippen molar-refractivity contribution in [3.05, 3.63) is 34.9 Å². The van der Waals surface area contributed by atoms with E-state index >= 15 is 0 Å². The standard InChI is InChI=1S/C16H22ClF3N4O.HI/c1-3-21-15(22-9-8-12-4-6-13(17)7-5-12)23-10-14(25)24(2)11-16(18,19)20;/h4-7H,3,8-11H2,1-2H3,(H2,21,22,23);1H. The van der Waals surface area contributed by atoms with Crippen LogP contribution >= 0.6 is 35.6 Å². The van der Waals surface area contributed by atoms with Crippen LogP contribution in [0.4, 0.5) is 13.2 Å². The molecular formula is C16H23ClF3IN4O. The van der Waals surface area contributed by atoms with Crippen molar-refractivity contribution >= 4 is 47.4 Å². The molecule has 1 aromatic carbocycles. The number of rotatable bonds is 7. The molecule has 1 amide bonds. The first-order valence-corrected chi connectivity index (χ1v) is 8.16. The number of aliphatic imine (C=N–C) groups is 1. The summed E-state index contributed by atoms with van der Waals surface area (Å²) in [7, 11) is 1.10. The van der Waals surface area contributed by atoms with Gasteiger partial charge in [-0.3, -0.25) is 4.79 Å². The number of amides is 1. The first-order chi connectivity index (χ1) is 11.7. The summed E-state index contributed by atoms with van der Waals surface area (Å²) in [6, 6.07) is 7.41. The summed E-state index contributed by atoms with van der Waals surface area (Å²) in [5.74, 6) is -0.322. The van der Waals surface area contributed by atoms with E-state index in [1.807, 2.05) is 19.1 Å². The zero-order chi connectivity index (χ0) is 18.9. The fraction of sp³-hybridized carbons (Fsp3) is 0.500. The van der Waals surface area contributed by atoms with Gasteiger partial charge in [-0.05, 0) is 31.0 Å². The summed E-state index contributed by atoms with van der Waals surface area (Å²) < 4.78 is 36.8. The number of carbonyl (C=O) groups is 1. The molecule has 0 saturated heterocycles. The Hall–Kier alpha value is -1.23. The van der Waals surface area contributed by atoms with Crippen molar-refractivity contribution in [1.82, 2.24) is 15.5 Å². The molecular weight excluding hydrogens is 484 g/mol. The van der Waals surface area contributed by atoms with Crippen LogP contribution in [0.15, 0.2) is 29.3 Å². The molecule has 0 spiro atoms. The van der Waals surface area contributed by atoms with E-state index in [4.69, 9.17) is 11.6 Å². The fourth-order valence-corrected chi connectivity index (χ4v) is 2.07. The molecule has 0 aliphatic rings. The largest absolute Gasteiger partial charge is 0.406 e. The zero-order valence-corrected chi connectivity index (χ0v) is 17.7. The molecule has 10 heteroatoms. The van der Waals surface area contributed by atoms with Gasteiger partial charge in [-0.2, -0.15) is 13.2 Å². The first-order valence-electron chi connectivity index (χ1n) is 7.78. The Kier molecular flexibility index (Phi) is 11.6. The molecule has 148 valence electrons. The monoisotopic (exact) mass is 506 g/mol. The van der Waals surface area contributed by atoms with Crippen molar-refractivity contribution in [2.45, 2.75) is 19.5 Å². The highest BCUT2D eigenvalue weighted by atomic mass is 127. The lowest BCUT2D eigenvalue weighted by Gasteiger charge is -2.18. The summed E-state index contributed by atoms with van der Waals surface area (Å²) in [6.07, 6.45) is -3.71. The third-order valence-electron chi connectivity index (χ3n) is 3.18.